The second-order valence-electron chi connectivity index (χ2n) is 9.15. The molecule has 6 N–H and O–H groups in total. The van der Waals surface area contributed by atoms with Crippen molar-refractivity contribution in [2.45, 2.75) is 96.0 Å². The van der Waals surface area contributed by atoms with E-state index in [9.17, 15) is 38.7 Å². The van der Waals surface area contributed by atoms with E-state index in [0.29, 0.717) is 0 Å². The molecule has 19 nitrogen and oxygen atoms in total. The minimum absolute atomic E-state index is 0.581. The van der Waals surface area contributed by atoms with Crippen molar-refractivity contribution in [1.29, 1.82) is 0 Å². The molecule has 0 saturated carbocycles. The summed E-state index contributed by atoms with van der Waals surface area (Å²) in [4.78, 5) is 83.2. The first-order valence-corrected chi connectivity index (χ1v) is 12.3. The molecule has 42 heavy (non-hydrogen) atoms. The average Bonchev–Trinajstić information content (AvgIpc) is 2.83. The van der Waals surface area contributed by atoms with Crippen molar-refractivity contribution in [2.75, 3.05) is 6.61 Å². The van der Waals surface area contributed by atoms with E-state index in [0.717, 1.165) is 34.6 Å². The van der Waals surface area contributed by atoms with Crippen LogP contribution in [0, 0.1) is 0 Å². The Bertz CT molecular complexity index is 1070. The molecule has 0 aromatic heterocycles. The van der Waals surface area contributed by atoms with Gasteiger partial charge in [0.25, 0.3) is 5.91 Å². The first kappa shape index (κ1) is 34.1. The van der Waals surface area contributed by atoms with Crippen molar-refractivity contribution in [3.8, 4) is 0 Å². The Hall–Kier alpha value is -4.07. The van der Waals surface area contributed by atoms with Gasteiger partial charge in [-0.2, -0.15) is 0 Å². The van der Waals surface area contributed by atoms with E-state index in [1.807, 2.05) is 0 Å². The summed E-state index contributed by atoms with van der Waals surface area (Å²) in [5, 5.41) is 13.2. The van der Waals surface area contributed by atoms with Crippen LogP contribution in [0.1, 0.15) is 34.6 Å². The SMILES string of the molecule is CC(=O)N[C@H]1[C@H](O[C@H]2C(O)O[C@H](C(N)=O)[C@@H](OC(C)=O)[C@@H]2OC(N)=O)O[C@H](COC(C)=O)[C@@H](OC(C)=O)[C@@H]1OC(C)=O. The molecule has 2 aliphatic heterocycles. The maximum absolute atomic E-state index is 12.2. The van der Waals surface area contributed by atoms with Gasteiger partial charge in [0, 0.05) is 34.6 Å². The van der Waals surface area contributed by atoms with Crippen LogP contribution in [0.3, 0.4) is 0 Å². The number of ether oxygens (including phenoxy) is 8. The summed E-state index contributed by atoms with van der Waals surface area (Å²) in [5.74, 6) is -5.43. The van der Waals surface area contributed by atoms with Gasteiger partial charge in [-0.1, -0.05) is 0 Å². The Balaban J connectivity index is 2.61. The number of esters is 4. The van der Waals surface area contributed by atoms with Crippen LogP contribution in [0.15, 0.2) is 0 Å². The standard InChI is InChI=1S/C23H33N3O16/c1-7(27)26-13-15(37-10(4)30)14(36-9(3)29)12(6-35-8(2)28)39-22(13)41-19-17(42-23(25)34)16(38-11(5)31)18(20(24)32)40-21(19)33/h12-19,21-22,33H,6H2,1-5H3,(H2,24,32)(H2,25,34)(H,26,27)/t12-,13-,14-,15-,16+,17+,18+,19-,21?,22+/m1/s1. The Kier molecular flexibility index (Phi) is 12.0. The molecule has 0 bridgehead atoms. The molecule has 2 heterocycles. The van der Waals surface area contributed by atoms with Crippen molar-refractivity contribution < 1.29 is 76.6 Å². The van der Waals surface area contributed by atoms with Crippen molar-refractivity contribution in [2.24, 2.45) is 11.5 Å². The second kappa shape index (κ2) is 14.7. The van der Waals surface area contributed by atoms with Gasteiger partial charge < -0.3 is 59.8 Å². The highest BCUT2D eigenvalue weighted by Gasteiger charge is 2.57. The zero-order chi connectivity index (χ0) is 31.9. The molecule has 10 atom stereocenters. The van der Waals surface area contributed by atoms with E-state index in [-0.39, 0.29) is 0 Å². The first-order valence-electron chi connectivity index (χ1n) is 12.3. The van der Waals surface area contributed by atoms with Crippen molar-refractivity contribution in [3.05, 3.63) is 0 Å². The van der Waals surface area contributed by atoms with E-state index in [1.165, 1.54) is 0 Å². The van der Waals surface area contributed by atoms with Crippen molar-refractivity contribution in [3.63, 3.8) is 0 Å². The van der Waals surface area contributed by atoms with Crippen LogP contribution in [0.5, 0.6) is 0 Å². The lowest BCUT2D eigenvalue weighted by Crippen LogP contribution is -2.69. The molecular weight excluding hydrogens is 574 g/mol. The van der Waals surface area contributed by atoms with Gasteiger partial charge in [-0.15, -0.1) is 0 Å². The molecule has 19 heteroatoms. The highest BCUT2D eigenvalue weighted by Crippen LogP contribution is 2.33. The average molecular weight is 608 g/mol. The smallest absolute Gasteiger partial charge is 0.405 e. The molecule has 0 aromatic rings. The topological polar surface area (TPSA) is 278 Å². The fourth-order valence-electron chi connectivity index (χ4n) is 4.35. The zero-order valence-electron chi connectivity index (χ0n) is 23.2. The summed E-state index contributed by atoms with van der Waals surface area (Å²) in [6.45, 7) is 4.59. The summed E-state index contributed by atoms with van der Waals surface area (Å²) < 4.78 is 42.6. The minimum atomic E-state index is -2.13. The maximum Gasteiger partial charge on any atom is 0.405 e. The molecule has 2 aliphatic rings. The molecule has 236 valence electrons. The van der Waals surface area contributed by atoms with E-state index in [1.54, 1.807) is 0 Å². The van der Waals surface area contributed by atoms with E-state index in [4.69, 9.17) is 49.4 Å². The van der Waals surface area contributed by atoms with Crippen LogP contribution in [0.4, 0.5) is 4.79 Å². The summed E-state index contributed by atoms with van der Waals surface area (Å²) >= 11 is 0. The van der Waals surface area contributed by atoms with Crippen LogP contribution >= 0.6 is 0 Å². The Labute approximate surface area is 238 Å². The third kappa shape index (κ3) is 9.23. The van der Waals surface area contributed by atoms with Gasteiger partial charge in [0.2, 0.25) is 5.91 Å². The van der Waals surface area contributed by atoms with Crippen LogP contribution in [0.2, 0.25) is 0 Å². The van der Waals surface area contributed by atoms with Crippen LogP contribution in [0.25, 0.3) is 0 Å². The molecule has 0 spiro atoms. The van der Waals surface area contributed by atoms with Gasteiger partial charge in [0.05, 0.1) is 0 Å². The molecule has 2 saturated heterocycles. The highest BCUT2D eigenvalue weighted by molar-refractivity contribution is 5.80. The number of nitrogens with one attached hydrogen (secondary N) is 1. The number of amides is 3. The van der Waals surface area contributed by atoms with Gasteiger partial charge >= 0.3 is 30.0 Å². The van der Waals surface area contributed by atoms with E-state index >= 15 is 0 Å². The predicted molar refractivity (Wildman–Crippen MR) is 129 cm³/mol. The van der Waals surface area contributed by atoms with Gasteiger partial charge in [-0.05, 0) is 0 Å². The molecular formula is C23H33N3O16. The molecule has 3 amide bonds. The largest absolute Gasteiger partial charge is 0.463 e. The Morgan fingerprint density at radius 3 is 1.74 bits per heavy atom. The molecule has 0 radical (unpaired) electrons. The van der Waals surface area contributed by atoms with Gasteiger partial charge in [0.15, 0.2) is 49.2 Å². The predicted octanol–water partition coefficient (Wildman–Crippen LogP) is -3.37. The number of aliphatic hydroxyl groups is 1. The van der Waals surface area contributed by atoms with Crippen molar-refractivity contribution >= 4 is 41.8 Å². The van der Waals surface area contributed by atoms with Crippen LogP contribution in [-0.4, -0.2) is 115 Å². The number of aliphatic hydroxyl groups excluding tert-OH is 1. The second-order valence-corrected chi connectivity index (χ2v) is 9.15. The fraction of sp³-hybridized carbons (Fsp3) is 0.696. The molecule has 1 unspecified atom stereocenters. The third-order valence-electron chi connectivity index (χ3n) is 5.71. The summed E-state index contributed by atoms with van der Waals surface area (Å²) in [5.41, 5.74) is 10.5. The summed E-state index contributed by atoms with van der Waals surface area (Å²) in [7, 11) is 0. The summed E-state index contributed by atoms with van der Waals surface area (Å²) in [6, 6.07) is -1.51. The lowest BCUT2D eigenvalue weighted by atomic mass is 9.94. The van der Waals surface area contributed by atoms with Gasteiger partial charge in [0.1, 0.15) is 18.8 Å². The quantitative estimate of drug-likeness (QED) is 0.139. The molecule has 0 aliphatic carbocycles. The van der Waals surface area contributed by atoms with Crippen LogP contribution < -0.4 is 16.8 Å². The van der Waals surface area contributed by atoms with E-state index < -0.39 is 110 Å². The third-order valence-corrected chi connectivity index (χ3v) is 5.71. The van der Waals surface area contributed by atoms with Crippen LogP contribution in [-0.2, 0) is 66.7 Å². The number of primary amides is 2. The highest BCUT2D eigenvalue weighted by atomic mass is 16.7. The fourth-order valence-corrected chi connectivity index (χ4v) is 4.35. The number of rotatable bonds is 10. The Morgan fingerprint density at radius 1 is 0.714 bits per heavy atom. The zero-order valence-corrected chi connectivity index (χ0v) is 23.2. The number of carbonyl (C=O) groups is 7. The van der Waals surface area contributed by atoms with Crippen molar-refractivity contribution in [1.82, 2.24) is 5.32 Å². The van der Waals surface area contributed by atoms with Gasteiger partial charge in [-0.3, -0.25) is 28.8 Å². The van der Waals surface area contributed by atoms with E-state index in [2.05, 4.69) is 5.32 Å². The number of hydrogen-bond acceptors (Lipinski definition) is 16. The Morgan fingerprint density at radius 2 is 1.26 bits per heavy atom. The number of nitrogens with two attached hydrogens (primary N) is 2. The lowest BCUT2D eigenvalue weighted by molar-refractivity contribution is -0.343. The molecule has 0 aromatic carbocycles. The minimum Gasteiger partial charge on any atom is -0.463 e. The monoisotopic (exact) mass is 607 g/mol. The molecule has 2 fully saturated rings. The number of carbonyl (C=O) groups excluding carboxylic acids is 7. The first-order chi connectivity index (χ1) is 19.5. The van der Waals surface area contributed by atoms with Gasteiger partial charge in [-0.25, -0.2) is 4.79 Å². The normalized spacial score (nSPS) is 32.4. The molecule has 2 rings (SSSR count). The number of hydrogen-bond donors (Lipinski definition) is 4. The lowest BCUT2D eigenvalue weighted by Gasteiger charge is -2.48. The summed E-state index contributed by atoms with van der Waals surface area (Å²) in [6.07, 6.45) is -17.2. The maximum atomic E-state index is 12.2.